The summed E-state index contributed by atoms with van der Waals surface area (Å²) in [6, 6.07) is -0.769. The van der Waals surface area contributed by atoms with E-state index in [1.165, 1.54) is 12.2 Å². The maximum absolute atomic E-state index is 11.7. The van der Waals surface area contributed by atoms with Gasteiger partial charge in [0.05, 0.1) is 0 Å². The Bertz CT molecular complexity index is 304. The van der Waals surface area contributed by atoms with E-state index >= 15 is 0 Å². The molecular weight excluding hydrogens is 282 g/mol. The number of aliphatic carboxylic acids is 1. The molecule has 2 atom stereocenters. The minimum Gasteiger partial charge on any atom is -0.480 e. The summed E-state index contributed by atoms with van der Waals surface area (Å²) in [5.74, 6) is 0.0514. The molecule has 1 rings (SSSR count). The SMILES string of the molecule is CC(C)[C@H](NC(=O)CCCC[C@@H]1CCSS1)C(=O)O. The van der Waals surface area contributed by atoms with Crippen LogP contribution in [0.3, 0.4) is 0 Å². The highest BCUT2D eigenvalue weighted by Gasteiger charge is 2.23. The van der Waals surface area contributed by atoms with Gasteiger partial charge in [0.25, 0.3) is 0 Å². The largest absolute Gasteiger partial charge is 0.480 e. The highest BCUT2D eigenvalue weighted by molar-refractivity contribution is 8.77. The van der Waals surface area contributed by atoms with Crippen LogP contribution >= 0.6 is 21.6 Å². The number of hydrogen-bond acceptors (Lipinski definition) is 4. The number of carbonyl (C=O) groups excluding carboxylic acids is 1. The highest BCUT2D eigenvalue weighted by atomic mass is 33.1. The van der Waals surface area contributed by atoms with Crippen molar-refractivity contribution in [3.05, 3.63) is 0 Å². The van der Waals surface area contributed by atoms with E-state index in [0.29, 0.717) is 6.42 Å². The summed E-state index contributed by atoms with van der Waals surface area (Å²) in [6.07, 6.45) is 4.76. The summed E-state index contributed by atoms with van der Waals surface area (Å²) in [4.78, 5) is 22.6. The molecule has 1 saturated heterocycles. The Morgan fingerprint density at radius 1 is 1.37 bits per heavy atom. The van der Waals surface area contributed by atoms with Gasteiger partial charge in [-0.05, 0) is 25.2 Å². The molecule has 2 N–H and O–H groups in total. The summed E-state index contributed by atoms with van der Waals surface area (Å²) >= 11 is 0. The summed E-state index contributed by atoms with van der Waals surface area (Å²) in [5.41, 5.74) is 0. The van der Waals surface area contributed by atoms with Crippen molar-refractivity contribution in [1.29, 1.82) is 0 Å². The van der Waals surface area contributed by atoms with Crippen LogP contribution in [0.25, 0.3) is 0 Å². The van der Waals surface area contributed by atoms with Crippen LogP contribution in [0.15, 0.2) is 0 Å². The Kier molecular flexibility index (Phi) is 7.68. The minimum absolute atomic E-state index is 0.0895. The van der Waals surface area contributed by atoms with Gasteiger partial charge in [0.15, 0.2) is 0 Å². The molecule has 19 heavy (non-hydrogen) atoms. The zero-order chi connectivity index (χ0) is 14.3. The molecule has 1 aliphatic rings. The Morgan fingerprint density at radius 3 is 2.63 bits per heavy atom. The first-order chi connectivity index (χ1) is 9.00. The lowest BCUT2D eigenvalue weighted by Gasteiger charge is -2.17. The zero-order valence-corrected chi connectivity index (χ0v) is 13.2. The number of unbranched alkanes of at least 4 members (excludes halogenated alkanes) is 1. The van der Waals surface area contributed by atoms with E-state index in [-0.39, 0.29) is 11.8 Å². The Balaban J connectivity index is 2.14. The Labute approximate surface area is 122 Å². The van der Waals surface area contributed by atoms with Gasteiger partial charge in [-0.2, -0.15) is 0 Å². The second kappa shape index (κ2) is 8.74. The first kappa shape index (κ1) is 16.7. The number of hydrogen-bond donors (Lipinski definition) is 2. The third kappa shape index (κ3) is 6.56. The number of nitrogens with one attached hydrogen (secondary N) is 1. The van der Waals surface area contributed by atoms with Crippen LogP contribution in [0, 0.1) is 5.92 Å². The number of rotatable bonds is 8. The quantitative estimate of drug-likeness (QED) is 0.533. The summed E-state index contributed by atoms with van der Waals surface area (Å²) in [6.45, 7) is 3.60. The van der Waals surface area contributed by atoms with Gasteiger partial charge in [0.2, 0.25) is 5.91 Å². The molecule has 0 bridgehead atoms. The van der Waals surface area contributed by atoms with Crippen molar-refractivity contribution in [2.45, 2.75) is 57.2 Å². The average molecular weight is 305 g/mol. The summed E-state index contributed by atoms with van der Waals surface area (Å²) in [7, 11) is 3.89. The molecule has 0 aliphatic carbocycles. The van der Waals surface area contributed by atoms with Crippen molar-refractivity contribution < 1.29 is 14.7 Å². The third-order valence-corrected chi connectivity index (χ3v) is 6.16. The monoisotopic (exact) mass is 305 g/mol. The van der Waals surface area contributed by atoms with Crippen molar-refractivity contribution in [2.75, 3.05) is 5.75 Å². The van der Waals surface area contributed by atoms with Gasteiger partial charge in [0, 0.05) is 17.4 Å². The van der Waals surface area contributed by atoms with Crippen molar-refractivity contribution >= 4 is 33.5 Å². The van der Waals surface area contributed by atoms with Crippen LogP contribution in [-0.4, -0.2) is 34.0 Å². The van der Waals surface area contributed by atoms with Crippen molar-refractivity contribution in [1.82, 2.24) is 5.32 Å². The number of amides is 1. The van der Waals surface area contributed by atoms with Crippen LogP contribution in [0.2, 0.25) is 0 Å². The molecule has 0 aromatic rings. The summed E-state index contributed by atoms with van der Waals surface area (Å²) in [5, 5.41) is 12.3. The molecule has 0 unspecified atom stereocenters. The van der Waals surface area contributed by atoms with Gasteiger partial charge >= 0.3 is 5.97 Å². The number of carbonyl (C=O) groups is 2. The van der Waals surface area contributed by atoms with E-state index in [1.54, 1.807) is 13.8 Å². The van der Waals surface area contributed by atoms with Crippen LogP contribution in [-0.2, 0) is 9.59 Å². The van der Waals surface area contributed by atoms with Crippen LogP contribution in [0.1, 0.15) is 46.0 Å². The first-order valence-electron chi connectivity index (χ1n) is 6.81. The van der Waals surface area contributed by atoms with Gasteiger partial charge in [-0.1, -0.05) is 41.9 Å². The molecule has 1 fully saturated rings. The summed E-state index contributed by atoms with van der Waals surface area (Å²) < 4.78 is 0. The lowest BCUT2D eigenvalue weighted by Crippen LogP contribution is -2.44. The lowest BCUT2D eigenvalue weighted by molar-refractivity contribution is -0.143. The Morgan fingerprint density at radius 2 is 2.11 bits per heavy atom. The average Bonchev–Trinajstić information content (AvgIpc) is 2.84. The molecule has 0 aromatic heterocycles. The minimum atomic E-state index is -0.956. The predicted molar refractivity (Wildman–Crippen MR) is 81.3 cm³/mol. The maximum atomic E-state index is 11.7. The molecule has 0 radical (unpaired) electrons. The second-order valence-electron chi connectivity index (χ2n) is 5.20. The predicted octanol–water partition coefficient (Wildman–Crippen LogP) is 2.93. The van der Waals surface area contributed by atoms with Gasteiger partial charge in [0.1, 0.15) is 6.04 Å². The first-order valence-corrected chi connectivity index (χ1v) is 9.19. The standard InChI is InChI=1S/C13H23NO3S2/c1-9(2)12(13(16)17)14-11(15)6-4-3-5-10-7-8-18-19-10/h9-10,12H,3-8H2,1-2H3,(H,14,15)(H,16,17)/t10-,12+/m1/s1. The molecule has 4 nitrogen and oxygen atoms in total. The van der Waals surface area contributed by atoms with Crippen molar-refractivity contribution in [3.8, 4) is 0 Å². The topological polar surface area (TPSA) is 66.4 Å². The molecule has 0 saturated carbocycles. The Hall–Kier alpha value is -0.360. The van der Waals surface area contributed by atoms with Crippen molar-refractivity contribution in [2.24, 2.45) is 5.92 Å². The van der Waals surface area contributed by atoms with Crippen LogP contribution < -0.4 is 5.32 Å². The number of carboxylic acids is 1. The fraction of sp³-hybridized carbons (Fsp3) is 0.846. The van der Waals surface area contributed by atoms with Gasteiger partial charge in [-0.15, -0.1) is 0 Å². The van der Waals surface area contributed by atoms with Crippen molar-refractivity contribution in [3.63, 3.8) is 0 Å². The van der Waals surface area contributed by atoms with E-state index in [4.69, 9.17) is 5.11 Å². The molecule has 0 spiro atoms. The normalized spacial score (nSPS) is 20.5. The van der Waals surface area contributed by atoms with Crippen LogP contribution in [0.4, 0.5) is 0 Å². The lowest BCUT2D eigenvalue weighted by atomic mass is 10.0. The third-order valence-electron chi connectivity index (χ3n) is 3.16. The molecule has 1 aliphatic heterocycles. The molecule has 1 heterocycles. The fourth-order valence-corrected chi connectivity index (χ4v) is 5.01. The highest BCUT2D eigenvalue weighted by Crippen LogP contribution is 2.39. The molecular formula is C13H23NO3S2. The van der Waals surface area contributed by atoms with E-state index < -0.39 is 12.0 Å². The van der Waals surface area contributed by atoms with E-state index in [0.717, 1.165) is 24.5 Å². The van der Waals surface area contributed by atoms with Gasteiger partial charge in [-0.3, -0.25) is 4.79 Å². The second-order valence-corrected chi connectivity index (χ2v) is 7.99. The smallest absolute Gasteiger partial charge is 0.326 e. The zero-order valence-electron chi connectivity index (χ0n) is 11.6. The molecule has 1 amide bonds. The molecule has 110 valence electrons. The number of carboxylic acid groups (broad SMARTS) is 1. The van der Waals surface area contributed by atoms with Gasteiger partial charge < -0.3 is 10.4 Å². The molecule has 6 heteroatoms. The van der Waals surface area contributed by atoms with E-state index in [1.807, 2.05) is 21.6 Å². The maximum Gasteiger partial charge on any atom is 0.326 e. The van der Waals surface area contributed by atoms with Crippen LogP contribution in [0.5, 0.6) is 0 Å². The van der Waals surface area contributed by atoms with E-state index in [2.05, 4.69) is 5.32 Å². The molecule has 0 aromatic carbocycles. The van der Waals surface area contributed by atoms with Gasteiger partial charge in [-0.25, -0.2) is 4.79 Å². The fourth-order valence-electron chi connectivity index (χ4n) is 1.98. The van der Waals surface area contributed by atoms with E-state index in [9.17, 15) is 9.59 Å².